The molecule has 2 rings (SSSR count). The molecule has 1 aromatic carbocycles. The molecule has 0 spiro atoms. The molecule has 4 heteroatoms. The Hall–Kier alpha value is -1.39. The van der Waals surface area contributed by atoms with Crippen molar-refractivity contribution in [1.29, 1.82) is 0 Å². The van der Waals surface area contributed by atoms with E-state index in [0.29, 0.717) is 0 Å². The van der Waals surface area contributed by atoms with Crippen LogP contribution in [0.25, 0.3) is 0 Å². The van der Waals surface area contributed by atoms with Gasteiger partial charge in [-0.15, -0.1) is 11.3 Å². The largest absolute Gasteiger partial charge is 0.399 e. The Morgan fingerprint density at radius 2 is 1.95 bits per heavy atom. The first-order valence-electron chi connectivity index (χ1n) is 6.45. The number of nitrogen functional groups attached to an aromatic ring is 1. The van der Waals surface area contributed by atoms with Gasteiger partial charge >= 0.3 is 0 Å². The number of rotatable bonds is 5. The van der Waals surface area contributed by atoms with Gasteiger partial charge in [-0.25, -0.2) is 4.98 Å². The van der Waals surface area contributed by atoms with Gasteiger partial charge < -0.3 is 11.1 Å². The Morgan fingerprint density at radius 3 is 2.53 bits per heavy atom. The average Bonchev–Trinajstić information content (AvgIpc) is 2.75. The third kappa shape index (κ3) is 3.78. The second-order valence-corrected chi connectivity index (χ2v) is 6.43. The lowest BCUT2D eigenvalue weighted by atomic mass is 9.84. The van der Waals surface area contributed by atoms with Gasteiger partial charge in [0.05, 0.1) is 0 Å². The number of anilines is 1. The van der Waals surface area contributed by atoms with Crippen LogP contribution in [0.4, 0.5) is 5.69 Å². The quantitative estimate of drug-likeness (QED) is 0.824. The molecule has 0 radical (unpaired) electrons. The van der Waals surface area contributed by atoms with Crippen molar-refractivity contribution >= 4 is 17.0 Å². The number of thiazole rings is 1. The van der Waals surface area contributed by atoms with Crippen molar-refractivity contribution < 1.29 is 0 Å². The summed E-state index contributed by atoms with van der Waals surface area (Å²) in [6.45, 7) is 8.24. The van der Waals surface area contributed by atoms with Crippen molar-refractivity contribution in [3.8, 4) is 0 Å². The Labute approximate surface area is 118 Å². The van der Waals surface area contributed by atoms with Crippen LogP contribution in [0.3, 0.4) is 0 Å². The Kier molecular flexibility index (Phi) is 4.22. The summed E-state index contributed by atoms with van der Waals surface area (Å²) >= 11 is 1.71. The number of hydrogen-bond acceptors (Lipinski definition) is 4. The molecule has 2 aromatic rings. The Morgan fingerprint density at radius 1 is 1.26 bits per heavy atom. The van der Waals surface area contributed by atoms with E-state index in [4.69, 9.17) is 5.73 Å². The molecular formula is C15H21N3S. The van der Waals surface area contributed by atoms with Gasteiger partial charge in [-0.3, -0.25) is 0 Å². The number of hydrogen-bond donors (Lipinski definition) is 2. The molecular weight excluding hydrogens is 254 g/mol. The molecule has 0 atom stereocenters. The van der Waals surface area contributed by atoms with Gasteiger partial charge in [-0.05, 0) is 24.6 Å². The van der Waals surface area contributed by atoms with E-state index in [-0.39, 0.29) is 5.41 Å². The maximum atomic E-state index is 5.73. The number of nitrogens with two attached hydrogens (primary N) is 1. The summed E-state index contributed by atoms with van der Waals surface area (Å²) in [7, 11) is 0. The topological polar surface area (TPSA) is 50.9 Å². The molecule has 0 amide bonds. The third-order valence-corrected chi connectivity index (χ3v) is 4.17. The summed E-state index contributed by atoms with van der Waals surface area (Å²) in [4.78, 5) is 4.45. The summed E-state index contributed by atoms with van der Waals surface area (Å²) < 4.78 is 0. The minimum atomic E-state index is 0.0833. The standard InChI is InChI=1S/C15H21N3S/c1-11-9-19-14(18-11)8-17-10-15(2,3)12-4-6-13(16)7-5-12/h4-7,9,17H,8,10,16H2,1-3H3. The molecule has 0 aliphatic heterocycles. The van der Waals surface area contributed by atoms with Crippen LogP contribution in [0.1, 0.15) is 30.1 Å². The van der Waals surface area contributed by atoms with Crippen LogP contribution >= 0.6 is 11.3 Å². The van der Waals surface area contributed by atoms with E-state index in [1.54, 1.807) is 11.3 Å². The SMILES string of the molecule is Cc1csc(CNCC(C)(C)c2ccc(N)cc2)n1. The fourth-order valence-electron chi connectivity index (χ4n) is 2.00. The average molecular weight is 275 g/mol. The van der Waals surface area contributed by atoms with Gasteiger partial charge in [0, 0.05) is 35.3 Å². The van der Waals surface area contributed by atoms with Crippen LogP contribution in [0.5, 0.6) is 0 Å². The van der Waals surface area contributed by atoms with Crippen LogP contribution in [0, 0.1) is 6.92 Å². The van der Waals surface area contributed by atoms with E-state index in [1.807, 2.05) is 19.1 Å². The molecule has 0 unspecified atom stereocenters. The minimum absolute atomic E-state index is 0.0833. The van der Waals surface area contributed by atoms with E-state index < -0.39 is 0 Å². The second-order valence-electron chi connectivity index (χ2n) is 5.49. The number of aryl methyl sites for hydroxylation is 1. The van der Waals surface area contributed by atoms with E-state index >= 15 is 0 Å². The summed E-state index contributed by atoms with van der Waals surface area (Å²) in [6.07, 6.45) is 0. The predicted molar refractivity (Wildman–Crippen MR) is 82.4 cm³/mol. The predicted octanol–water partition coefficient (Wildman–Crippen LogP) is 3.10. The van der Waals surface area contributed by atoms with Gasteiger partial charge in [0.2, 0.25) is 0 Å². The number of nitrogens with one attached hydrogen (secondary N) is 1. The molecule has 0 saturated heterocycles. The molecule has 3 nitrogen and oxygen atoms in total. The number of aromatic nitrogens is 1. The monoisotopic (exact) mass is 275 g/mol. The van der Waals surface area contributed by atoms with Crippen LogP contribution < -0.4 is 11.1 Å². The maximum Gasteiger partial charge on any atom is 0.107 e. The molecule has 0 aliphatic rings. The second kappa shape index (κ2) is 5.72. The molecule has 102 valence electrons. The molecule has 1 heterocycles. The van der Waals surface area contributed by atoms with E-state index in [9.17, 15) is 0 Å². The zero-order chi connectivity index (χ0) is 13.9. The molecule has 3 N–H and O–H groups in total. The smallest absolute Gasteiger partial charge is 0.107 e. The molecule has 19 heavy (non-hydrogen) atoms. The molecule has 0 bridgehead atoms. The summed E-state index contributed by atoms with van der Waals surface area (Å²) in [6, 6.07) is 8.12. The molecule has 0 fully saturated rings. The van der Waals surface area contributed by atoms with E-state index in [1.165, 1.54) is 5.56 Å². The first-order chi connectivity index (χ1) is 8.97. The third-order valence-electron chi connectivity index (χ3n) is 3.20. The van der Waals surface area contributed by atoms with Crippen molar-refractivity contribution in [1.82, 2.24) is 10.3 Å². The fourth-order valence-corrected chi connectivity index (χ4v) is 2.74. The van der Waals surface area contributed by atoms with Crippen molar-refractivity contribution in [3.63, 3.8) is 0 Å². The van der Waals surface area contributed by atoms with Crippen LogP contribution in [-0.4, -0.2) is 11.5 Å². The summed E-state index contributed by atoms with van der Waals surface area (Å²) in [5.41, 5.74) is 9.01. The Bertz CT molecular complexity index is 529. The molecule has 1 aromatic heterocycles. The first kappa shape index (κ1) is 14.0. The first-order valence-corrected chi connectivity index (χ1v) is 7.33. The lowest BCUT2D eigenvalue weighted by molar-refractivity contribution is 0.468. The van der Waals surface area contributed by atoms with Gasteiger partial charge in [0.15, 0.2) is 0 Å². The molecule has 0 aliphatic carbocycles. The highest BCUT2D eigenvalue weighted by molar-refractivity contribution is 7.09. The van der Waals surface area contributed by atoms with Gasteiger partial charge in [-0.2, -0.15) is 0 Å². The fraction of sp³-hybridized carbons (Fsp3) is 0.400. The zero-order valence-corrected chi connectivity index (χ0v) is 12.6. The van der Waals surface area contributed by atoms with E-state index in [2.05, 4.69) is 41.7 Å². The highest BCUT2D eigenvalue weighted by Gasteiger charge is 2.19. The van der Waals surface area contributed by atoms with Crippen molar-refractivity contribution in [2.45, 2.75) is 32.7 Å². The lowest BCUT2D eigenvalue weighted by Gasteiger charge is -2.25. The van der Waals surface area contributed by atoms with Crippen molar-refractivity contribution in [2.75, 3.05) is 12.3 Å². The minimum Gasteiger partial charge on any atom is -0.399 e. The van der Waals surface area contributed by atoms with Crippen LogP contribution in [0.15, 0.2) is 29.6 Å². The van der Waals surface area contributed by atoms with Gasteiger partial charge in [-0.1, -0.05) is 26.0 Å². The van der Waals surface area contributed by atoms with E-state index in [0.717, 1.165) is 29.5 Å². The van der Waals surface area contributed by atoms with Gasteiger partial charge in [0.1, 0.15) is 5.01 Å². The lowest BCUT2D eigenvalue weighted by Crippen LogP contribution is -2.32. The zero-order valence-electron chi connectivity index (χ0n) is 11.7. The highest BCUT2D eigenvalue weighted by Crippen LogP contribution is 2.23. The van der Waals surface area contributed by atoms with Crippen molar-refractivity contribution in [3.05, 3.63) is 45.9 Å². The summed E-state index contributed by atoms with van der Waals surface area (Å²) in [5.74, 6) is 0. The van der Waals surface area contributed by atoms with Gasteiger partial charge in [0.25, 0.3) is 0 Å². The number of nitrogens with zero attached hydrogens (tertiary/aromatic N) is 1. The normalized spacial score (nSPS) is 11.7. The maximum absolute atomic E-state index is 5.73. The summed E-state index contributed by atoms with van der Waals surface area (Å²) in [5, 5.41) is 6.71. The highest BCUT2D eigenvalue weighted by atomic mass is 32.1. The Balaban J connectivity index is 1.92. The van der Waals surface area contributed by atoms with Crippen LogP contribution in [-0.2, 0) is 12.0 Å². The van der Waals surface area contributed by atoms with Crippen molar-refractivity contribution in [2.24, 2.45) is 0 Å². The number of benzene rings is 1. The van der Waals surface area contributed by atoms with Crippen LogP contribution in [0.2, 0.25) is 0 Å². The molecule has 0 saturated carbocycles.